The van der Waals surface area contributed by atoms with Gasteiger partial charge in [0.15, 0.2) is 0 Å². The van der Waals surface area contributed by atoms with Crippen molar-refractivity contribution in [2.45, 2.75) is 25.9 Å². The predicted octanol–water partition coefficient (Wildman–Crippen LogP) is 3.92. The second-order valence-electron chi connectivity index (χ2n) is 6.37. The first kappa shape index (κ1) is 18.2. The molecule has 1 aliphatic heterocycles. The quantitative estimate of drug-likeness (QED) is 0.803. The molecule has 6 heteroatoms. The van der Waals surface area contributed by atoms with Crippen LogP contribution in [-0.4, -0.2) is 28.9 Å². The fourth-order valence-electron chi connectivity index (χ4n) is 3.15. The summed E-state index contributed by atoms with van der Waals surface area (Å²) in [5, 5.41) is 3.88. The van der Waals surface area contributed by atoms with Crippen molar-refractivity contribution in [2.75, 3.05) is 13.1 Å². The van der Waals surface area contributed by atoms with Crippen molar-refractivity contribution in [3.8, 4) is 0 Å². The molecule has 2 heterocycles. The van der Waals surface area contributed by atoms with E-state index in [-0.39, 0.29) is 11.8 Å². The summed E-state index contributed by atoms with van der Waals surface area (Å²) in [6.45, 7) is 3.15. The van der Waals surface area contributed by atoms with Crippen LogP contribution < -0.4 is 5.32 Å². The molecule has 2 aromatic rings. The number of carbonyl (C=O) groups is 1. The Balaban J connectivity index is 1.45. The summed E-state index contributed by atoms with van der Waals surface area (Å²) < 4.78 is 0. The van der Waals surface area contributed by atoms with E-state index in [0.717, 1.165) is 43.6 Å². The second kappa shape index (κ2) is 8.65. The van der Waals surface area contributed by atoms with E-state index in [2.05, 4.69) is 15.2 Å². The fraction of sp³-hybridized carbons (Fsp3) is 0.368. The van der Waals surface area contributed by atoms with Crippen LogP contribution in [0.2, 0.25) is 10.3 Å². The molecule has 1 amide bonds. The third kappa shape index (κ3) is 5.43. The van der Waals surface area contributed by atoms with Gasteiger partial charge in [-0.15, -0.1) is 0 Å². The van der Waals surface area contributed by atoms with Crippen LogP contribution in [0.1, 0.15) is 24.0 Å². The Morgan fingerprint density at radius 3 is 2.36 bits per heavy atom. The molecule has 0 unspecified atom stereocenters. The Hall–Kier alpha value is -1.62. The van der Waals surface area contributed by atoms with E-state index < -0.39 is 0 Å². The summed E-state index contributed by atoms with van der Waals surface area (Å²) >= 11 is 11.9. The number of amides is 1. The maximum atomic E-state index is 12.4. The summed E-state index contributed by atoms with van der Waals surface area (Å²) in [4.78, 5) is 18.6. The number of likely N-dealkylation sites (tertiary alicyclic amines) is 1. The minimum Gasteiger partial charge on any atom is -0.352 e. The van der Waals surface area contributed by atoms with E-state index in [9.17, 15) is 4.79 Å². The molecule has 4 nitrogen and oxygen atoms in total. The average molecular weight is 378 g/mol. The average Bonchev–Trinajstić information content (AvgIpc) is 2.60. The van der Waals surface area contributed by atoms with Gasteiger partial charge in [0.05, 0.1) is 0 Å². The van der Waals surface area contributed by atoms with Gasteiger partial charge in [-0.25, -0.2) is 4.98 Å². The van der Waals surface area contributed by atoms with Gasteiger partial charge in [0, 0.05) is 19.0 Å². The molecule has 1 saturated heterocycles. The number of piperidine rings is 1. The van der Waals surface area contributed by atoms with Crippen molar-refractivity contribution in [1.29, 1.82) is 0 Å². The number of hydrogen-bond donors (Lipinski definition) is 1. The number of pyridine rings is 1. The first-order valence-electron chi connectivity index (χ1n) is 8.46. The zero-order valence-electron chi connectivity index (χ0n) is 13.9. The van der Waals surface area contributed by atoms with Gasteiger partial charge in [0.2, 0.25) is 5.91 Å². The molecule has 0 aliphatic carbocycles. The number of hydrogen-bond acceptors (Lipinski definition) is 3. The lowest BCUT2D eigenvalue weighted by molar-refractivity contribution is -0.126. The lowest BCUT2D eigenvalue weighted by atomic mass is 9.95. The largest absolute Gasteiger partial charge is 0.352 e. The zero-order chi connectivity index (χ0) is 17.6. The molecule has 0 bridgehead atoms. The molecule has 25 heavy (non-hydrogen) atoms. The van der Waals surface area contributed by atoms with Gasteiger partial charge in [0.25, 0.3) is 0 Å². The zero-order valence-corrected chi connectivity index (χ0v) is 15.4. The molecule has 1 aliphatic rings. The van der Waals surface area contributed by atoms with E-state index in [1.165, 1.54) is 0 Å². The molecule has 1 N–H and O–H groups in total. The number of halogens is 2. The Bertz CT molecular complexity index is 696. The van der Waals surface area contributed by atoms with Crippen LogP contribution in [0.25, 0.3) is 0 Å². The minimum atomic E-state index is 0.0876. The van der Waals surface area contributed by atoms with Crippen LogP contribution in [0.5, 0.6) is 0 Å². The van der Waals surface area contributed by atoms with Crippen LogP contribution in [0.4, 0.5) is 0 Å². The Morgan fingerprint density at radius 1 is 1.08 bits per heavy atom. The molecule has 1 aromatic carbocycles. The minimum absolute atomic E-state index is 0.0876. The van der Waals surface area contributed by atoms with Crippen LogP contribution in [0.15, 0.2) is 42.5 Å². The molecule has 1 fully saturated rings. The van der Waals surface area contributed by atoms with Gasteiger partial charge < -0.3 is 5.32 Å². The van der Waals surface area contributed by atoms with Gasteiger partial charge in [-0.2, -0.15) is 0 Å². The standard InChI is InChI=1S/C19H21Cl2N3O/c20-17-10-15(11-18(21)23-17)13-24-8-6-16(7-9-24)19(25)22-12-14-4-2-1-3-5-14/h1-5,10-11,16H,6-9,12-13H2,(H,22,25). The number of nitrogens with one attached hydrogen (secondary N) is 1. The predicted molar refractivity (Wildman–Crippen MR) is 101 cm³/mol. The summed E-state index contributed by atoms with van der Waals surface area (Å²) in [5.74, 6) is 0.239. The van der Waals surface area contributed by atoms with Crippen molar-refractivity contribution in [2.24, 2.45) is 5.92 Å². The fourth-order valence-corrected chi connectivity index (χ4v) is 3.65. The summed E-state index contributed by atoms with van der Waals surface area (Å²) in [6, 6.07) is 13.7. The lowest BCUT2D eigenvalue weighted by Crippen LogP contribution is -2.40. The maximum absolute atomic E-state index is 12.4. The van der Waals surface area contributed by atoms with Crippen LogP contribution >= 0.6 is 23.2 Å². The molecule has 0 atom stereocenters. The Labute approximate surface area is 158 Å². The number of rotatable bonds is 5. The van der Waals surface area contributed by atoms with Gasteiger partial charge in [-0.05, 0) is 49.2 Å². The first-order valence-corrected chi connectivity index (χ1v) is 9.22. The summed E-state index contributed by atoms with van der Waals surface area (Å²) in [5.41, 5.74) is 2.18. The SMILES string of the molecule is O=C(NCc1ccccc1)C1CCN(Cc2cc(Cl)nc(Cl)c2)CC1. The third-order valence-electron chi connectivity index (χ3n) is 4.50. The molecular weight excluding hydrogens is 357 g/mol. The van der Waals surface area contributed by atoms with Crippen molar-refractivity contribution < 1.29 is 4.79 Å². The van der Waals surface area contributed by atoms with E-state index in [1.54, 1.807) is 0 Å². The topological polar surface area (TPSA) is 45.2 Å². The van der Waals surface area contributed by atoms with Crippen LogP contribution in [-0.2, 0) is 17.9 Å². The molecule has 0 saturated carbocycles. The van der Waals surface area contributed by atoms with Gasteiger partial charge in [-0.1, -0.05) is 53.5 Å². The van der Waals surface area contributed by atoms with Crippen LogP contribution in [0, 0.1) is 5.92 Å². The van der Waals surface area contributed by atoms with E-state index in [1.807, 2.05) is 42.5 Å². The third-order valence-corrected chi connectivity index (χ3v) is 4.88. The van der Waals surface area contributed by atoms with Gasteiger partial charge in [-0.3, -0.25) is 9.69 Å². The van der Waals surface area contributed by atoms with Crippen LogP contribution in [0.3, 0.4) is 0 Å². The summed E-state index contributed by atoms with van der Waals surface area (Å²) in [7, 11) is 0. The highest BCUT2D eigenvalue weighted by Crippen LogP contribution is 2.21. The number of benzene rings is 1. The number of nitrogens with zero attached hydrogens (tertiary/aromatic N) is 2. The highest BCUT2D eigenvalue weighted by atomic mass is 35.5. The monoisotopic (exact) mass is 377 g/mol. The Kier molecular flexibility index (Phi) is 6.29. The second-order valence-corrected chi connectivity index (χ2v) is 7.15. The van der Waals surface area contributed by atoms with Crippen molar-refractivity contribution in [1.82, 2.24) is 15.2 Å². The van der Waals surface area contributed by atoms with Crippen molar-refractivity contribution >= 4 is 29.1 Å². The smallest absolute Gasteiger partial charge is 0.223 e. The molecule has 132 valence electrons. The lowest BCUT2D eigenvalue weighted by Gasteiger charge is -2.31. The number of carbonyl (C=O) groups excluding carboxylic acids is 1. The normalized spacial score (nSPS) is 15.9. The Morgan fingerprint density at radius 2 is 1.72 bits per heavy atom. The molecule has 0 radical (unpaired) electrons. The maximum Gasteiger partial charge on any atom is 0.223 e. The number of aromatic nitrogens is 1. The van der Waals surface area contributed by atoms with Crippen molar-refractivity contribution in [3.05, 3.63) is 63.9 Å². The van der Waals surface area contributed by atoms with E-state index >= 15 is 0 Å². The van der Waals surface area contributed by atoms with E-state index in [4.69, 9.17) is 23.2 Å². The first-order chi connectivity index (χ1) is 12.1. The summed E-state index contributed by atoms with van der Waals surface area (Å²) in [6.07, 6.45) is 1.74. The highest BCUT2D eigenvalue weighted by molar-refractivity contribution is 6.32. The van der Waals surface area contributed by atoms with Crippen molar-refractivity contribution in [3.63, 3.8) is 0 Å². The van der Waals surface area contributed by atoms with Gasteiger partial charge in [0.1, 0.15) is 10.3 Å². The van der Waals surface area contributed by atoms with E-state index in [0.29, 0.717) is 16.9 Å². The van der Waals surface area contributed by atoms with Gasteiger partial charge >= 0.3 is 0 Å². The molecule has 3 rings (SSSR count). The highest BCUT2D eigenvalue weighted by Gasteiger charge is 2.24. The molecular formula is C19H21Cl2N3O. The molecule has 0 spiro atoms. The molecule has 1 aromatic heterocycles.